The summed E-state index contributed by atoms with van der Waals surface area (Å²) in [6.45, 7) is 0.344. The van der Waals surface area contributed by atoms with Crippen molar-refractivity contribution in [1.82, 2.24) is 10.6 Å². The first kappa shape index (κ1) is 17.3. The van der Waals surface area contributed by atoms with Crippen LogP contribution in [-0.4, -0.2) is 18.0 Å². The molecule has 0 saturated heterocycles. The Labute approximate surface area is 141 Å². The Kier molecular flexibility index (Phi) is 6.19. The van der Waals surface area contributed by atoms with Crippen molar-refractivity contribution >= 4 is 17.6 Å². The maximum absolute atomic E-state index is 12.0. The number of nitrogens with two attached hydrogens (primary N) is 2. The largest absolute Gasteiger partial charge is 0.399 e. The summed E-state index contributed by atoms with van der Waals surface area (Å²) in [7, 11) is 0. The van der Waals surface area contributed by atoms with E-state index in [2.05, 4.69) is 10.6 Å². The molecule has 2 aromatic rings. The molecule has 3 amide bonds. The van der Waals surface area contributed by atoms with Gasteiger partial charge < -0.3 is 22.1 Å². The Morgan fingerprint density at radius 2 is 1.62 bits per heavy atom. The Morgan fingerprint density at radius 1 is 0.958 bits per heavy atom. The topological polar surface area (TPSA) is 110 Å². The van der Waals surface area contributed by atoms with Crippen LogP contribution in [-0.2, 0) is 17.8 Å². The average molecular weight is 326 g/mol. The molecule has 0 aliphatic heterocycles. The molecule has 126 valence electrons. The summed E-state index contributed by atoms with van der Waals surface area (Å²) in [6.07, 6.45) is 1.11. The van der Waals surface area contributed by atoms with E-state index in [1.165, 1.54) is 0 Å². The van der Waals surface area contributed by atoms with Crippen LogP contribution in [0.25, 0.3) is 0 Å². The fourth-order valence-corrected chi connectivity index (χ4v) is 2.27. The first-order chi connectivity index (χ1) is 11.5. The molecule has 1 atom stereocenters. The number of hydrogen-bond donors (Lipinski definition) is 4. The second-order valence-electron chi connectivity index (χ2n) is 5.55. The lowest BCUT2D eigenvalue weighted by Gasteiger charge is -2.16. The van der Waals surface area contributed by atoms with Crippen molar-refractivity contribution in [2.24, 2.45) is 5.73 Å². The van der Waals surface area contributed by atoms with Crippen LogP contribution < -0.4 is 22.1 Å². The summed E-state index contributed by atoms with van der Waals surface area (Å²) in [6, 6.07) is 15.8. The molecule has 6 N–H and O–H groups in total. The number of rotatable bonds is 7. The monoisotopic (exact) mass is 326 g/mol. The fourth-order valence-electron chi connectivity index (χ4n) is 2.27. The zero-order valence-corrected chi connectivity index (χ0v) is 13.4. The molecule has 0 spiro atoms. The number of anilines is 1. The number of hydrogen-bond acceptors (Lipinski definition) is 3. The van der Waals surface area contributed by atoms with Crippen LogP contribution in [0.2, 0.25) is 0 Å². The fraction of sp³-hybridized carbons (Fsp3) is 0.222. The van der Waals surface area contributed by atoms with Crippen molar-refractivity contribution in [2.45, 2.75) is 25.4 Å². The highest BCUT2D eigenvalue weighted by atomic mass is 16.2. The summed E-state index contributed by atoms with van der Waals surface area (Å²) < 4.78 is 0. The number of carbonyl (C=O) groups excluding carboxylic acids is 2. The smallest absolute Gasteiger partial charge is 0.315 e. The van der Waals surface area contributed by atoms with Crippen LogP contribution in [0.1, 0.15) is 17.5 Å². The molecule has 2 aromatic carbocycles. The van der Waals surface area contributed by atoms with E-state index in [0.29, 0.717) is 25.1 Å². The van der Waals surface area contributed by atoms with Crippen molar-refractivity contribution in [2.75, 3.05) is 5.73 Å². The lowest BCUT2D eigenvalue weighted by molar-refractivity contribution is -0.119. The third-order valence-corrected chi connectivity index (χ3v) is 3.65. The summed E-state index contributed by atoms with van der Waals surface area (Å²) in [5.41, 5.74) is 13.7. The molecular weight excluding hydrogens is 304 g/mol. The predicted molar refractivity (Wildman–Crippen MR) is 94.0 cm³/mol. The molecule has 0 saturated carbocycles. The van der Waals surface area contributed by atoms with Gasteiger partial charge in [-0.15, -0.1) is 0 Å². The van der Waals surface area contributed by atoms with Crippen molar-refractivity contribution in [3.05, 3.63) is 65.7 Å². The average Bonchev–Trinajstić information content (AvgIpc) is 2.58. The van der Waals surface area contributed by atoms with Crippen LogP contribution in [0.4, 0.5) is 10.5 Å². The second-order valence-corrected chi connectivity index (χ2v) is 5.55. The van der Waals surface area contributed by atoms with Crippen molar-refractivity contribution < 1.29 is 9.59 Å². The maximum Gasteiger partial charge on any atom is 0.315 e. The number of amides is 3. The molecule has 0 radical (unpaired) electrons. The lowest BCUT2D eigenvalue weighted by Crippen LogP contribution is -2.48. The molecule has 0 fully saturated rings. The molecule has 1 unspecified atom stereocenters. The minimum atomic E-state index is -0.711. The van der Waals surface area contributed by atoms with E-state index in [0.717, 1.165) is 11.1 Å². The van der Waals surface area contributed by atoms with Gasteiger partial charge in [0.1, 0.15) is 6.04 Å². The third-order valence-electron chi connectivity index (χ3n) is 3.65. The quantitative estimate of drug-likeness (QED) is 0.579. The van der Waals surface area contributed by atoms with Crippen molar-refractivity contribution in [3.8, 4) is 0 Å². The third kappa shape index (κ3) is 5.64. The standard InChI is InChI=1S/C18H22N4O2/c19-15-9-6-14(7-10-15)12-21-18(24)22-16(17(20)23)11-8-13-4-2-1-3-5-13/h1-7,9-10,16H,8,11-12,19H2,(H2,20,23)(H2,21,22,24). The van der Waals surface area contributed by atoms with Crippen molar-refractivity contribution in [3.63, 3.8) is 0 Å². The van der Waals surface area contributed by atoms with E-state index in [1.54, 1.807) is 12.1 Å². The first-order valence-corrected chi connectivity index (χ1v) is 7.76. The Bertz CT molecular complexity index is 671. The van der Waals surface area contributed by atoms with Gasteiger partial charge in [0.2, 0.25) is 5.91 Å². The number of primary amides is 1. The Hall–Kier alpha value is -3.02. The van der Waals surface area contributed by atoms with Gasteiger partial charge in [-0.2, -0.15) is 0 Å². The Balaban J connectivity index is 1.82. The highest BCUT2D eigenvalue weighted by Crippen LogP contribution is 2.06. The summed E-state index contributed by atoms with van der Waals surface area (Å²) >= 11 is 0. The molecule has 0 bridgehead atoms. The van der Waals surface area contributed by atoms with Gasteiger partial charge in [-0.1, -0.05) is 42.5 Å². The molecule has 24 heavy (non-hydrogen) atoms. The van der Waals surface area contributed by atoms with Gasteiger partial charge in [0, 0.05) is 12.2 Å². The molecule has 2 rings (SSSR count). The van der Waals surface area contributed by atoms with E-state index in [4.69, 9.17) is 11.5 Å². The van der Waals surface area contributed by atoms with Gasteiger partial charge in [-0.05, 0) is 36.1 Å². The lowest BCUT2D eigenvalue weighted by atomic mass is 10.1. The van der Waals surface area contributed by atoms with E-state index in [9.17, 15) is 9.59 Å². The number of urea groups is 1. The first-order valence-electron chi connectivity index (χ1n) is 7.76. The SMILES string of the molecule is NC(=O)C(CCc1ccccc1)NC(=O)NCc1ccc(N)cc1. The maximum atomic E-state index is 12.0. The van der Waals surface area contributed by atoms with Crippen molar-refractivity contribution in [1.29, 1.82) is 0 Å². The van der Waals surface area contributed by atoms with E-state index in [1.807, 2.05) is 42.5 Å². The highest BCUT2D eigenvalue weighted by Gasteiger charge is 2.17. The van der Waals surface area contributed by atoms with E-state index in [-0.39, 0.29) is 0 Å². The molecule has 0 aliphatic carbocycles. The summed E-state index contributed by atoms with van der Waals surface area (Å²) in [4.78, 5) is 23.5. The minimum absolute atomic E-state index is 0.344. The molecule has 0 aromatic heterocycles. The van der Waals surface area contributed by atoms with Gasteiger partial charge in [0.15, 0.2) is 0 Å². The van der Waals surface area contributed by atoms with Crippen LogP contribution in [0, 0.1) is 0 Å². The summed E-state index contributed by atoms with van der Waals surface area (Å²) in [5, 5.41) is 5.32. The van der Waals surface area contributed by atoms with Gasteiger partial charge >= 0.3 is 6.03 Å². The number of nitrogen functional groups attached to an aromatic ring is 1. The zero-order chi connectivity index (χ0) is 17.4. The van der Waals surface area contributed by atoms with E-state index < -0.39 is 18.0 Å². The highest BCUT2D eigenvalue weighted by molar-refractivity contribution is 5.85. The molecule has 6 nitrogen and oxygen atoms in total. The minimum Gasteiger partial charge on any atom is -0.399 e. The van der Waals surface area contributed by atoms with Gasteiger partial charge in [0.25, 0.3) is 0 Å². The number of benzene rings is 2. The van der Waals surface area contributed by atoms with Gasteiger partial charge in [-0.3, -0.25) is 4.79 Å². The predicted octanol–water partition coefficient (Wildman–Crippen LogP) is 1.55. The molecule has 0 heterocycles. The molecular formula is C18H22N4O2. The van der Waals surface area contributed by atoms with Gasteiger partial charge in [-0.25, -0.2) is 4.79 Å². The van der Waals surface area contributed by atoms with Crippen LogP contribution in [0.3, 0.4) is 0 Å². The van der Waals surface area contributed by atoms with Crippen LogP contribution in [0.15, 0.2) is 54.6 Å². The van der Waals surface area contributed by atoms with Crippen LogP contribution in [0.5, 0.6) is 0 Å². The normalized spacial score (nSPS) is 11.5. The molecule has 6 heteroatoms. The number of nitrogens with one attached hydrogen (secondary N) is 2. The van der Waals surface area contributed by atoms with Gasteiger partial charge in [0.05, 0.1) is 0 Å². The molecule has 0 aliphatic rings. The number of aryl methyl sites for hydroxylation is 1. The van der Waals surface area contributed by atoms with Crippen LogP contribution >= 0.6 is 0 Å². The zero-order valence-electron chi connectivity index (χ0n) is 13.4. The van der Waals surface area contributed by atoms with E-state index >= 15 is 0 Å². The second kappa shape index (κ2) is 8.57. The Morgan fingerprint density at radius 3 is 2.25 bits per heavy atom. The number of carbonyl (C=O) groups is 2. The summed E-state index contributed by atoms with van der Waals surface area (Å²) in [5.74, 6) is -0.548.